The number of rotatable bonds is 11. The molecule has 6 heteroatoms. The first-order valence-electron chi connectivity index (χ1n) is 12.8. The first kappa shape index (κ1) is 28.5. The van der Waals surface area contributed by atoms with E-state index in [2.05, 4.69) is 44.3 Å². The minimum atomic E-state index is -0.0664. The van der Waals surface area contributed by atoms with E-state index in [9.17, 15) is 10.2 Å². The molecule has 0 atom stereocenters. The fourth-order valence-corrected chi connectivity index (χ4v) is 4.17. The highest BCUT2D eigenvalue weighted by Gasteiger charge is 2.23. The zero-order valence-corrected chi connectivity index (χ0v) is 23.4. The number of phenols is 2. The van der Waals surface area contributed by atoms with Crippen LogP contribution >= 0.6 is 0 Å². The Hall–Kier alpha value is -4.06. The summed E-state index contributed by atoms with van der Waals surface area (Å²) in [6.07, 6.45) is 4.93. The smallest absolute Gasteiger partial charge is 0.170 e. The van der Waals surface area contributed by atoms with Gasteiger partial charge in [0.05, 0.1) is 19.8 Å². The Bertz CT molecular complexity index is 1330. The lowest BCUT2D eigenvalue weighted by molar-refractivity contribution is 0.335. The molecular weight excluding hydrogens is 478 g/mol. The van der Waals surface area contributed by atoms with Gasteiger partial charge in [-0.1, -0.05) is 36.3 Å². The van der Waals surface area contributed by atoms with Crippen LogP contribution in [0.5, 0.6) is 28.7 Å². The van der Waals surface area contributed by atoms with Gasteiger partial charge in [-0.3, -0.25) is 0 Å². The summed E-state index contributed by atoms with van der Waals surface area (Å²) in [5, 5.41) is 25.4. The Morgan fingerprint density at radius 3 is 2.16 bits per heavy atom. The number of nitrogens with one attached hydrogen (secondary N) is 1. The maximum Gasteiger partial charge on any atom is 0.170 e. The summed E-state index contributed by atoms with van der Waals surface area (Å²) < 4.78 is 17.1. The molecule has 0 aliphatic rings. The summed E-state index contributed by atoms with van der Waals surface area (Å²) in [5.74, 6) is 1.05. The lowest BCUT2D eigenvalue weighted by atomic mass is 9.94. The normalized spacial score (nSPS) is 10.5. The fraction of sp³-hybridized carbons (Fsp3) is 0.312. The van der Waals surface area contributed by atoms with Gasteiger partial charge in [0, 0.05) is 17.8 Å². The van der Waals surface area contributed by atoms with Crippen molar-refractivity contribution in [3.63, 3.8) is 0 Å². The van der Waals surface area contributed by atoms with Crippen LogP contribution in [-0.4, -0.2) is 37.6 Å². The molecule has 0 aromatic heterocycles. The lowest BCUT2D eigenvalue weighted by Crippen LogP contribution is -2.02. The number of aromatic hydroxyl groups is 2. The predicted molar refractivity (Wildman–Crippen MR) is 156 cm³/mol. The van der Waals surface area contributed by atoms with Gasteiger partial charge in [0.25, 0.3) is 0 Å². The summed E-state index contributed by atoms with van der Waals surface area (Å²) in [4.78, 5) is 0. The molecule has 0 aliphatic heterocycles. The molecule has 0 spiro atoms. The molecular formula is C32H39NO5. The largest absolute Gasteiger partial charge is 0.504 e. The molecule has 202 valence electrons. The van der Waals surface area contributed by atoms with Crippen LogP contribution in [0.3, 0.4) is 0 Å². The highest BCUT2D eigenvalue weighted by atomic mass is 16.5. The molecule has 0 fully saturated rings. The average Bonchev–Trinajstić information content (AvgIpc) is 2.88. The minimum absolute atomic E-state index is 0.0297. The molecule has 3 aromatic carbocycles. The van der Waals surface area contributed by atoms with Crippen LogP contribution in [0, 0.1) is 0 Å². The van der Waals surface area contributed by atoms with E-state index in [-0.39, 0.29) is 11.5 Å². The maximum atomic E-state index is 11.4. The molecule has 0 amide bonds. The van der Waals surface area contributed by atoms with Gasteiger partial charge in [0.2, 0.25) is 0 Å². The fourth-order valence-electron chi connectivity index (χ4n) is 4.17. The van der Waals surface area contributed by atoms with E-state index in [1.165, 1.54) is 12.7 Å². The number of phenolic OH excluding ortho intramolecular Hbond substituents is 2. The number of methoxy groups -OCH3 is 2. The average molecular weight is 518 g/mol. The second-order valence-corrected chi connectivity index (χ2v) is 9.55. The third-order valence-corrected chi connectivity index (χ3v) is 6.22. The van der Waals surface area contributed by atoms with Crippen molar-refractivity contribution in [3.05, 3.63) is 71.3 Å². The van der Waals surface area contributed by atoms with Crippen molar-refractivity contribution >= 4 is 5.69 Å². The van der Waals surface area contributed by atoms with E-state index < -0.39 is 0 Å². The van der Waals surface area contributed by atoms with Crippen LogP contribution in [-0.2, 0) is 6.42 Å². The van der Waals surface area contributed by atoms with Crippen LogP contribution in [0.1, 0.15) is 40.2 Å². The molecule has 6 nitrogen and oxygen atoms in total. The molecule has 3 aromatic rings. The Morgan fingerprint density at radius 2 is 1.55 bits per heavy atom. The van der Waals surface area contributed by atoms with E-state index in [0.717, 1.165) is 35.4 Å². The van der Waals surface area contributed by atoms with Crippen molar-refractivity contribution in [2.24, 2.45) is 0 Å². The maximum absolute atomic E-state index is 11.4. The number of benzene rings is 3. The lowest BCUT2D eigenvalue weighted by Gasteiger charge is -2.19. The second-order valence-electron chi connectivity index (χ2n) is 9.55. The number of hydrogen-bond donors (Lipinski definition) is 3. The minimum Gasteiger partial charge on any atom is -0.504 e. The first-order valence-corrected chi connectivity index (χ1v) is 12.8. The third-order valence-electron chi connectivity index (χ3n) is 6.22. The zero-order chi connectivity index (χ0) is 27.8. The van der Waals surface area contributed by atoms with Crippen molar-refractivity contribution in [2.45, 2.75) is 41.0 Å². The van der Waals surface area contributed by atoms with Crippen molar-refractivity contribution in [1.29, 1.82) is 0 Å². The molecule has 0 saturated heterocycles. The number of ether oxygens (including phenoxy) is 3. The summed E-state index contributed by atoms with van der Waals surface area (Å²) in [6, 6.07) is 13.0. The van der Waals surface area contributed by atoms with Gasteiger partial charge >= 0.3 is 0 Å². The molecule has 0 saturated carbocycles. The van der Waals surface area contributed by atoms with Gasteiger partial charge in [-0.25, -0.2) is 0 Å². The Balaban J connectivity index is 2.04. The van der Waals surface area contributed by atoms with Gasteiger partial charge in [-0.05, 0) is 87.2 Å². The van der Waals surface area contributed by atoms with Crippen LogP contribution in [0.25, 0.3) is 22.3 Å². The highest BCUT2D eigenvalue weighted by Crippen LogP contribution is 2.50. The summed E-state index contributed by atoms with van der Waals surface area (Å²) in [6.45, 7) is 11.4. The van der Waals surface area contributed by atoms with Crippen LogP contribution in [0.4, 0.5) is 5.69 Å². The molecule has 3 rings (SSSR count). The molecule has 0 aliphatic carbocycles. The van der Waals surface area contributed by atoms with Crippen molar-refractivity contribution in [3.8, 4) is 51.0 Å². The van der Waals surface area contributed by atoms with Gasteiger partial charge in [0.15, 0.2) is 23.0 Å². The number of anilines is 1. The van der Waals surface area contributed by atoms with E-state index >= 15 is 0 Å². The van der Waals surface area contributed by atoms with Crippen molar-refractivity contribution < 1.29 is 24.4 Å². The first-order chi connectivity index (χ1) is 18.2. The highest BCUT2D eigenvalue weighted by molar-refractivity contribution is 5.88. The quantitative estimate of drug-likeness (QED) is 0.226. The Morgan fingerprint density at radius 1 is 0.842 bits per heavy atom. The van der Waals surface area contributed by atoms with Gasteiger partial charge < -0.3 is 29.7 Å². The SMILES string of the molecule is CCc1cc(-c2cc(OC)c(-c3ccc(OCC=C(C)C)c(O)c3)c(O)c2OC)ccc1NCC=C(C)C. The standard InChI is InChI=1S/C32H39NO5/c1-8-22-17-23(9-11-26(22)33-15-13-20(2)3)25-19-29(36-6)30(31(35)32(25)37-7)24-10-12-28(27(34)18-24)38-16-14-21(4)5/h9-14,17-19,33-35H,8,15-16H2,1-7H3. The number of hydrogen-bond acceptors (Lipinski definition) is 6. The van der Waals surface area contributed by atoms with Gasteiger partial charge in [0.1, 0.15) is 12.4 Å². The number of allylic oxidation sites excluding steroid dienone is 2. The van der Waals surface area contributed by atoms with Crippen molar-refractivity contribution in [2.75, 3.05) is 32.7 Å². The monoisotopic (exact) mass is 517 g/mol. The zero-order valence-electron chi connectivity index (χ0n) is 23.4. The molecule has 0 bridgehead atoms. The summed E-state index contributed by atoms with van der Waals surface area (Å²) >= 11 is 0. The Kier molecular flexibility index (Phi) is 9.72. The third kappa shape index (κ3) is 6.62. The summed E-state index contributed by atoms with van der Waals surface area (Å²) in [7, 11) is 3.08. The second kappa shape index (κ2) is 13.0. The Labute approximate surface area is 226 Å². The van der Waals surface area contributed by atoms with Crippen molar-refractivity contribution in [1.82, 2.24) is 0 Å². The van der Waals surface area contributed by atoms with Gasteiger partial charge in [-0.15, -0.1) is 0 Å². The van der Waals surface area contributed by atoms with E-state index in [1.807, 2.05) is 32.1 Å². The van der Waals surface area contributed by atoms with Gasteiger partial charge in [-0.2, -0.15) is 0 Å². The molecule has 0 unspecified atom stereocenters. The topological polar surface area (TPSA) is 80.2 Å². The predicted octanol–water partition coefficient (Wildman–Crippen LogP) is 7.73. The van der Waals surface area contributed by atoms with Crippen LogP contribution < -0.4 is 19.5 Å². The molecule has 38 heavy (non-hydrogen) atoms. The molecule has 0 heterocycles. The van der Waals surface area contributed by atoms with Crippen LogP contribution in [0.15, 0.2) is 65.8 Å². The number of aryl methyl sites for hydroxylation is 1. The van der Waals surface area contributed by atoms with E-state index in [0.29, 0.717) is 40.5 Å². The van der Waals surface area contributed by atoms with E-state index in [4.69, 9.17) is 14.2 Å². The molecule has 3 N–H and O–H groups in total. The van der Waals surface area contributed by atoms with E-state index in [1.54, 1.807) is 25.3 Å². The molecule has 0 radical (unpaired) electrons. The summed E-state index contributed by atoms with van der Waals surface area (Å²) in [5.41, 5.74) is 7.23. The van der Waals surface area contributed by atoms with Crippen LogP contribution in [0.2, 0.25) is 0 Å².